The lowest BCUT2D eigenvalue weighted by molar-refractivity contribution is -0.395. The van der Waals surface area contributed by atoms with Gasteiger partial charge in [-0.3, -0.25) is 9.59 Å². The van der Waals surface area contributed by atoms with Crippen LogP contribution in [-0.4, -0.2) is 246 Å². The number of aliphatic hydroxyl groups is 13. The predicted molar refractivity (Wildman–Crippen MR) is 345 cm³/mol. The van der Waals surface area contributed by atoms with Gasteiger partial charge < -0.3 is 115 Å². The van der Waals surface area contributed by atoms with Crippen molar-refractivity contribution in [3.63, 3.8) is 0 Å². The minimum atomic E-state index is -2.17. The highest BCUT2D eigenvalue weighted by Gasteiger charge is 2.57. The van der Waals surface area contributed by atoms with Crippen molar-refractivity contribution in [1.29, 1.82) is 0 Å². The van der Waals surface area contributed by atoms with E-state index in [1.54, 1.807) is 6.08 Å². The molecule has 25 nitrogen and oxygen atoms in total. The van der Waals surface area contributed by atoms with Crippen LogP contribution in [0.5, 0.6) is 0 Å². The number of allylic oxidation sites excluding steroid dienone is 3. The van der Waals surface area contributed by atoms with Gasteiger partial charge in [-0.1, -0.05) is 192 Å². The van der Waals surface area contributed by atoms with Crippen molar-refractivity contribution in [3.8, 4) is 0 Å². The third-order valence-electron chi connectivity index (χ3n) is 18.3. The second-order valence-electron chi connectivity index (χ2n) is 26.1. The highest BCUT2D eigenvalue weighted by atomic mass is 16.8. The summed E-state index contributed by atoms with van der Waals surface area (Å²) in [6.45, 7) is 1.49. The number of hydrogen-bond donors (Lipinski definition) is 15. The van der Waals surface area contributed by atoms with Gasteiger partial charge >= 0.3 is 0 Å². The zero-order valence-corrected chi connectivity index (χ0v) is 56.1. The molecule has 4 fully saturated rings. The molecule has 0 aromatic carbocycles. The fraction of sp³-hybridized carbons (Fsp3) is 0.912. The second kappa shape index (κ2) is 48.3. The Bertz CT molecular complexity index is 1980. The van der Waals surface area contributed by atoms with Gasteiger partial charge in [0.05, 0.1) is 45.2 Å². The van der Waals surface area contributed by atoms with Crippen LogP contribution in [0.3, 0.4) is 0 Å². The molecule has 2 amide bonds. The standard InChI is InChI=1S/C68H124N2O23/c1-4-6-8-10-12-14-16-18-19-20-21-22-23-24-25-27-29-31-33-35-37-39-52(77)70-46(47(76)38-36-34-32-30-28-26-17-15-13-11-9-7-5-2)44-86-66-60(84)58(82)62(50(42-73)89-66)91-68-61(85)64(93-67-59(83)57(81)55(79)49(41-72)88-67)63(51(43-74)90-68)92-65-53(69-45(3)75)56(80)54(78)48(40-71)87-65/h18-19,36,38,46-51,53-68,71-74,76,78-85H,4-17,20-35,37,39-44H2,1-3H3,(H,69,75)(H,70,77)/b19-18-,38-36+/t46-,47+,48?,49?,50?,51?,53?,54-,55-,56+,57-,58+,59?,60?,61?,62+,63-,64+,65-,66+,67+,68-/m0/s1. The van der Waals surface area contributed by atoms with E-state index in [1.165, 1.54) is 141 Å². The van der Waals surface area contributed by atoms with E-state index in [4.69, 9.17) is 37.9 Å². The van der Waals surface area contributed by atoms with Crippen LogP contribution in [0.4, 0.5) is 0 Å². The number of rotatable bonds is 50. The van der Waals surface area contributed by atoms with Crippen molar-refractivity contribution >= 4 is 11.8 Å². The highest BCUT2D eigenvalue weighted by molar-refractivity contribution is 5.76. The lowest BCUT2D eigenvalue weighted by Crippen LogP contribution is -2.69. The van der Waals surface area contributed by atoms with Crippen LogP contribution in [0, 0.1) is 0 Å². The van der Waals surface area contributed by atoms with Crippen molar-refractivity contribution in [2.45, 2.75) is 361 Å². The molecule has 0 saturated carbocycles. The number of ether oxygens (including phenoxy) is 8. The van der Waals surface area contributed by atoms with E-state index in [0.29, 0.717) is 12.8 Å². The van der Waals surface area contributed by atoms with E-state index in [-0.39, 0.29) is 12.3 Å². The van der Waals surface area contributed by atoms with Gasteiger partial charge in [0, 0.05) is 13.3 Å². The van der Waals surface area contributed by atoms with Gasteiger partial charge in [-0.25, -0.2) is 0 Å². The van der Waals surface area contributed by atoms with E-state index in [2.05, 4.69) is 36.6 Å². The van der Waals surface area contributed by atoms with Crippen LogP contribution in [-0.2, 0) is 47.5 Å². The quantitative estimate of drug-likeness (QED) is 0.0303. The Morgan fingerprint density at radius 1 is 0.419 bits per heavy atom. The summed E-state index contributed by atoms with van der Waals surface area (Å²) in [5.74, 6) is -1.05. The van der Waals surface area contributed by atoms with Gasteiger partial charge in [-0.15, -0.1) is 0 Å². The van der Waals surface area contributed by atoms with E-state index in [1.807, 2.05) is 6.08 Å². The summed E-state index contributed by atoms with van der Waals surface area (Å²) in [6, 6.07) is -2.62. The molecular formula is C68H124N2O23. The minimum absolute atomic E-state index is 0.198. The van der Waals surface area contributed by atoms with Gasteiger partial charge in [0.1, 0.15) is 97.6 Å². The molecule has 0 radical (unpaired) electrons. The third kappa shape index (κ3) is 29.5. The molecule has 544 valence electrons. The molecule has 93 heavy (non-hydrogen) atoms. The highest BCUT2D eigenvalue weighted by Crippen LogP contribution is 2.36. The van der Waals surface area contributed by atoms with E-state index < -0.39 is 174 Å². The zero-order valence-electron chi connectivity index (χ0n) is 56.1. The molecule has 4 heterocycles. The predicted octanol–water partition coefficient (Wildman–Crippen LogP) is 3.90. The van der Waals surface area contributed by atoms with Crippen molar-refractivity contribution in [2.24, 2.45) is 0 Å². The number of amides is 2. The summed E-state index contributed by atoms with van der Waals surface area (Å²) >= 11 is 0. The number of hydrogen-bond acceptors (Lipinski definition) is 23. The van der Waals surface area contributed by atoms with Crippen LogP contribution >= 0.6 is 0 Å². The number of aliphatic hydroxyl groups excluding tert-OH is 13. The summed E-state index contributed by atoms with van der Waals surface area (Å²) < 4.78 is 47.5. The average molecular weight is 1340 g/mol. The van der Waals surface area contributed by atoms with E-state index in [0.717, 1.165) is 51.9 Å². The molecule has 8 unspecified atom stereocenters. The fourth-order valence-electron chi connectivity index (χ4n) is 12.5. The van der Waals surface area contributed by atoms with Gasteiger partial charge in [-0.05, 0) is 44.9 Å². The summed E-state index contributed by atoms with van der Waals surface area (Å²) in [4.78, 5) is 25.8. The summed E-state index contributed by atoms with van der Waals surface area (Å²) in [7, 11) is 0. The summed E-state index contributed by atoms with van der Waals surface area (Å²) in [5, 5.41) is 148. The molecule has 0 aromatic rings. The largest absolute Gasteiger partial charge is 0.394 e. The van der Waals surface area contributed by atoms with Gasteiger partial charge in [0.25, 0.3) is 0 Å². The Morgan fingerprint density at radius 3 is 1.30 bits per heavy atom. The van der Waals surface area contributed by atoms with Gasteiger partial charge in [-0.2, -0.15) is 0 Å². The third-order valence-corrected chi connectivity index (χ3v) is 18.3. The van der Waals surface area contributed by atoms with Crippen LogP contribution in [0.15, 0.2) is 24.3 Å². The normalized spacial score (nSPS) is 32.5. The number of carbonyl (C=O) groups excluding carboxylic acids is 2. The molecular weight excluding hydrogens is 1210 g/mol. The summed E-state index contributed by atoms with van der Waals surface area (Å²) in [5.41, 5.74) is 0. The number of carbonyl (C=O) groups is 2. The molecule has 4 rings (SSSR count). The Labute approximate surface area is 552 Å². The number of nitrogens with one attached hydrogen (secondary N) is 2. The van der Waals surface area contributed by atoms with Crippen LogP contribution in [0.1, 0.15) is 226 Å². The van der Waals surface area contributed by atoms with Gasteiger partial charge in [0.2, 0.25) is 11.8 Å². The molecule has 4 saturated heterocycles. The Balaban J connectivity index is 1.37. The molecule has 15 N–H and O–H groups in total. The van der Waals surface area contributed by atoms with Gasteiger partial charge in [0.15, 0.2) is 25.2 Å². The van der Waals surface area contributed by atoms with Crippen molar-refractivity contribution in [1.82, 2.24) is 10.6 Å². The lowest BCUT2D eigenvalue weighted by Gasteiger charge is -2.50. The molecule has 0 aliphatic carbocycles. The first-order valence-electron chi connectivity index (χ1n) is 35.6. The van der Waals surface area contributed by atoms with E-state index in [9.17, 15) is 76.0 Å². The Kier molecular flexibility index (Phi) is 43.1. The molecule has 4 aliphatic heterocycles. The molecule has 0 bridgehead atoms. The first kappa shape index (κ1) is 83.0. The second-order valence-corrected chi connectivity index (χ2v) is 26.1. The monoisotopic (exact) mass is 1340 g/mol. The van der Waals surface area contributed by atoms with Crippen LogP contribution < -0.4 is 10.6 Å². The maximum absolute atomic E-state index is 13.5. The van der Waals surface area contributed by atoms with Crippen molar-refractivity contribution < 1.29 is 114 Å². The maximum atomic E-state index is 13.5. The first-order chi connectivity index (χ1) is 45.0. The minimum Gasteiger partial charge on any atom is -0.394 e. The van der Waals surface area contributed by atoms with Crippen LogP contribution in [0.25, 0.3) is 0 Å². The zero-order chi connectivity index (χ0) is 67.9. The first-order valence-corrected chi connectivity index (χ1v) is 35.6. The Hall–Kier alpha value is -2.42. The SMILES string of the molecule is CCCCCCCC/C=C\CCCCCCCCCCCCCC(=O)N[C@@H](CO[C@@H]1OC(CO)[C@@H](O[C@@H]2OC(CO)[C@H](O[C@@H]3OC(CO)[C@H](O)[C@H](O)C3NC(C)=O)[C@H](O[C@H]3OC(CO)[C@H](O)[C@H](O)C3O)C2O)[C@H](O)C1O)[C@H](O)/C=C/CCCCCCCCCCCCC. The topological polar surface area (TPSA) is 395 Å². The Morgan fingerprint density at radius 2 is 0.806 bits per heavy atom. The smallest absolute Gasteiger partial charge is 0.220 e. The van der Waals surface area contributed by atoms with Crippen LogP contribution in [0.2, 0.25) is 0 Å². The average Bonchev–Trinajstić information content (AvgIpc) is 0.784. The maximum Gasteiger partial charge on any atom is 0.220 e. The van der Waals surface area contributed by atoms with Crippen molar-refractivity contribution in [2.75, 3.05) is 33.0 Å². The molecule has 25 heteroatoms. The summed E-state index contributed by atoms with van der Waals surface area (Å²) in [6.07, 6.45) is 8.48. The lowest BCUT2D eigenvalue weighted by atomic mass is 9.94. The molecule has 0 spiro atoms. The van der Waals surface area contributed by atoms with E-state index >= 15 is 0 Å². The molecule has 22 atom stereocenters. The number of unbranched alkanes of at least 4 members (excludes halogenated alkanes) is 28. The molecule has 0 aromatic heterocycles. The molecule has 4 aliphatic rings. The van der Waals surface area contributed by atoms with Crippen molar-refractivity contribution in [3.05, 3.63) is 24.3 Å². The fourth-order valence-corrected chi connectivity index (χ4v) is 12.5.